The van der Waals surface area contributed by atoms with Gasteiger partial charge in [-0.3, -0.25) is 9.59 Å². The van der Waals surface area contributed by atoms with Crippen LogP contribution in [0.3, 0.4) is 0 Å². The summed E-state index contributed by atoms with van der Waals surface area (Å²) < 4.78 is 5.22. The number of nitrogens with zero attached hydrogens (tertiary/aromatic N) is 2. The molecule has 0 saturated carbocycles. The molecule has 1 fully saturated rings. The van der Waals surface area contributed by atoms with Gasteiger partial charge in [0.1, 0.15) is 0 Å². The minimum absolute atomic E-state index is 0.0257. The molecule has 6 nitrogen and oxygen atoms in total. The second-order valence-corrected chi connectivity index (χ2v) is 5.35. The number of carbonyl (C=O) groups excluding carboxylic acids is 2. The molecule has 0 spiro atoms. The van der Waals surface area contributed by atoms with E-state index < -0.39 is 5.41 Å². The first kappa shape index (κ1) is 16.9. The fourth-order valence-electron chi connectivity index (χ4n) is 2.52. The van der Waals surface area contributed by atoms with Crippen molar-refractivity contribution in [1.82, 2.24) is 9.80 Å². The van der Waals surface area contributed by atoms with Crippen molar-refractivity contribution in [2.45, 2.75) is 26.7 Å². The maximum atomic E-state index is 12.5. The zero-order valence-corrected chi connectivity index (χ0v) is 12.9. The normalized spacial score (nSPS) is 16.1. The Morgan fingerprint density at radius 2 is 1.80 bits per heavy atom. The summed E-state index contributed by atoms with van der Waals surface area (Å²) in [4.78, 5) is 27.9. The zero-order chi connectivity index (χ0) is 15.2. The first-order valence-electron chi connectivity index (χ1n) is 7.32. The molecular weight excluding hydrogens is 258 g/mol. The molecule has 1 aliphatic heterocycles. The number of hydrogen-bond donors (Lipinski definition) is 1. The average Bonchev–Trinajstić information content (AvgIpc) is 2.50. The number of nitrogens with two attached hydrogens (primary N) is 1. The van der Waals surface area contributed by atoms with Crippen LogP contribution in [-0.4, -0.2) is 68.1 Å². The van der Waals surface area contributed by atoms with Crippen molar-refractivity contribution in [1.29, 1.82) is 0 Å². The van der Waals surface area contributed by atoms with E-state index in [0.29, 0.717) is 45.7 Å². The van der Waals surface area contributed by atoms with Crippen molar-refractivity contribution in [2.75, 3.05) is 46.4 Å². The second kappa shape index (κ2) is 7.59. The number of amides is 2. The lowest BCUT2D eigenvalue weighted by molar-refractivity contribution is -0.147. The van der Waals surface area contributed by atoms with Gasteiger partial charge in [0.15, 0.2) is 0 Å². The van der Waals surface area contributed by atoms with Crippen LogP contribution in [0, 0.1) is 5.41 Å². The number of likely N-dealkylation sites (N-methyl/N-ethyl adjacent to an activating group) is 1. The maximum absolute atomic E-state index is 12.5. The van der Waals surface area contributed by atoms with E-state index in [0.717, 1.165) is 0 Å². The summed E-state index contributed by atoms with van der Waals surface area (Å²) in [5, 5.41) is 0. The quantitative estimate of drug-likeness (QED) is 0.749. The standard InChI is InChI=1S/C14H27N3O3/c1-4-14(5-2,11-15)13(19)16(3)10-12(18)17-6-8-20-9-7-17/h4-11,15H2,1-3H3. The summed E-state index contributed by atoms with van der Waals surface area (Å²) in [7, 11) is 1.68. The third-order valence-corrected chi connectivity index (χ3v) is 4.28. The number of rotatable bonds is 6. The first-order chi connectivity index (χ1) is 9.50. The fourth-order valence-corrected chi connectivity index (χ4v) is 2.52. The fraction of sp³-hybridized carbons (Fsp3) is 0.857. The Hall–Kier alpha value is -1.14. The zero-order valence-electron chi connectivity index (χ0n) is 12.9. The summed E-state index contributed by atoms with van der Waals surface area (Å²) >= 11 is 0. The van der Waals surface area contributed by atoms with Crippen molar-refractivity contribution in [3.63, 3.8) is 0 Å². The van der Waals surface area contributed by atoms with Gasteiger partial charge in [-0.1, -0.05) is 13.8 Å². The molecule has 0 unspecified atom stereocenters. The van der Waals surface area contributed by atoms with Crippen molar-refractivity contribution in [3.05, 3.63) is 0 Å². The maximum Gasteiger partial charge on any atom is 0.242 e. The van der Waals surface area contributed by atoms with Gasteiger partial charge in [0.25, 0.3) is 0 Å². The van der Waals surface area contributed by atoms with Crippen LogP contribution >= 0.6 is 0 Å². The monoisotopic (exact) mass is 285 g/mol. The summed E-state index contributed by atoms with van der Waals surface area (Å²) in [6, 6.07) is 0. The Morgan fingerprint density at radius 1 is 1.25 bits per heavy atom. The highest BCUT2D eigenvalue weighted by Gasteiger charge is 2.36. The van der Waals surface area contributed by atoms with Crippen molar-refractivity contribution < 1.29 is 14.3 Å². The number of morpholine rings is 1. The highest BCUT2D eigenvalue weighted by molar-refractivity contribution is 5.88. The molecule has 0 atom stereocenters. The van der Waals surface area contributed by atoms with Crippen molar-refractivity contribution >= 4 is 11.8 Å². The molecule has 20 heavy (non-hydrogen) atoms. The SMILES string of the molecule is CCC(CC)(CN)C(=O)N(C)CC(=O)N1CCOCC1. The van der Waals surface area contributed by atoms with E-state index >= 15 is 0 Å². The Morgan fingerprint density at radius 3 is 2.25 bits per heavy atom. The van der Waals surface area contributed by atoms with Crippen LogP contribution in [0.4, 0.5) is 0 Å². The molecule has 0 aromatic rings. The van der Waals surface area contributed by atoms with E-state index in [1.807, 2.05) is 13.8 Å². The van der Waals surface area contributed by atoms with Gasteiger partial charge in [-0.05, 0) is 12.8 Å². The first-order valence-corrected chi connectivity index (χ1v) is 7.32. The lowest BCUT2D eigenvalue weighted by Crippen LogP contribution is -2.51. The van der Waals surface area contributed by atoms with E-state index in [9.17, 15) is 9.59 Å². The van der Waals surface area contributed by atoms with Crippen LogP contribution in [0.5, 0.6) is 0 Å². The average molecular weight is 285 g/mol. The van der Waals surface area contributed by atoms with Gasteiger partial charge in [-0.25, -0.2) is 0 Å². The highest BCUT2D eigenvalue weighted by Crippen LogP contribution is 2.27. The molecule has 1 saturated heterocycles. The molecule has 0 bridgehead atoms. The molecule has 6 heteroatoms. The Bertz CT molecular complexity index is 328. The number of hydrogen-bond acceptors (Lipinski definition) is 4. The Labute approximate surface area is 121 Å². The molecular formula is C14H27N3O3. The molecule has 2 amide bonds. The van der Waals surface area contributed by atoms with Crippen LogP contribution in [-0.2, 0) is 14.3 Å². The lowest BCUT2D eigenvalue weighted by Gasteiger charge is -2.34. The van der Waals surface area contributed by atoms with Gasteiger partial charge in [-0.2, -0.15) is 0 Å². The smallest absolute Gasteiger partial charge is 0.242 e. The third kappa shape index (κ3) is 3.70. The van der Waals surface area contributed by atoms with E-state index in [-0.39, 0.29) is 18.4 Å². The van der Waals surface area contributed by atoms with Crippen LogP contribution in [0.1, 0.15) is 26.7 Å². The lowest BCUT2D eigenvalue weighted by atomic mass is 9.81. The molecule has 1 rings (SSSR count). The van der Waals surface area contributed by atoms with Gasteiger partial charge >= 0.3 is 0 Å². The van der Waals surface area contributed by atoms with Gasteiger partial charge < -0.3 is 20.3 Å². The summed E-state index contributed by atoms with van der Waals surface area (Å²) in [5.74, 6) is -0.0612. The third-order valence-electron chi connectivity index (χ3n) is 4.28. The predicted molar refractivity (Wildman–Crippen MR) is 77.1 cm³/mol. The molecule has 0 aromatic carbocycles. The molecule has 0 radical (unpaired) electrons. The summed E-state index contributed by atoms with van der Waals surface area (Å²) in [6.07, 6.45) is 1.38. The molecule has 2 N–H and O–H groups in total. The van der Waals surface area contributed by atoms with E-state index in [1.165, 1.54) is 4.90 Å². The van der Waals surface area contributed by atoms with Crippen molar-refractivity contribution in [3.8, 4) is 0 Å². The molecule has 1 heterocycles. The van der Waals surface area contributed by atoms with Crippen LogP contribution in [0.15, 0.2) is 0 Å². The Kier molecular flexibility index (Phi) is 6.42. The minimum atomic E-state index is -0.542. The van der Waals surface area contributed by atoms with E-state index in [2.05, 4.69) is 0 Å². The number of ether oxygens (including phenoxy) is 1. The summed E-state index contributed by atoms with van der Waals surface area (Å²) in [6.45, 7) is 6.70. The number of carbonyl (C=O) groups is 2. The molecule has 116 valence electrons. The van der Waals surface area contributed by atoms with Crippen LogP contribution in [0.2, 0.25) is 0 Å². The van der Waals surface area contributed by atoms with E-state index in [4.69, 9.17) is 10.5 Å². The van der Waals surface area contributed by atoms with Gasteiger partial charge in [0.05, 0.1) is 25.2 Å². The topological polar surface area (TPSA) is 75.9 Å². The molecule has 0 aliphatic carbocycles. The van der Waals surface area contributed by atoms with Gasteiger partial charge in [-0.15, -0.1) is 0 Å². The largest absolute Gasteiger partial charge is 0.378 e. The van der Waals surface area contributed by atoms with Crippen LogP contribution in [0.25, 0.3) is 0 Å². The Balaban J connectivity index is 2.62. The predicted octanol–water partition coefficient (Wildman–Crippen LogP) is 0.0687. The minimum Gasteiger partial charge on any atom is -0.378 e. The summed E-state index contributed by atoms with van der Waals surface area (Å²) in [5.41, 5.74) is 5.24. The van der Waals surface area contributed by atoms with Gasteiger partial charge in [0, 0.05) is 26.7 Å². The second-order valence-electron chi connectivity index (χ2n) is 5.35. The van der Waals surface area contributed by atoms with Gasteiger partial charge in [0.2, 0.25) is 11.8 Å². The molecule has 1 aliphatic rings. The van der Waals surface area contributed by atoms with Crippen LogP contribution < -0.4 is 5.73 Å². The molecule has 0 aromatic heterocycles. The van der Waals surface area contributed by atoms with Crippen molar-refractivity contribution in [2.24, 2.45) is 11.1 Å². The highest BCUT2D eigenvalue weighted by atomic mass is 16.5. The van der Waals surface area contributed by atoms with E-state index in [1.54, 1.807) is 11.9 Å².